The van der Waals surface area contributed by atoms with Crippen molar-refractivity contribution >= 4 is 5.91 Å². The van der Waals surface area contributed by atoms with Crippen LogP contribution in [0.2, 0.25) is 0 Å². The average molecular weight is 428 g/mol. The van der Waals surface area contributed by atoms with E-state index in [1.54, 1.807) is 12.1 Å². The fourth-order valence-electron chi connectivity index (χ4n) is 4.10. The van der Waals surface area contributed by atoms with Crippen molar-refractivity contribution in [2.24, 2.45) is 5.92 Å². The van der Waals surface area contributed by atoms with E-state index in [9.17, 15) is 9.18 Å². The monoisotopic (exact) mass is 427 g/mol. The molecular formula is C26H34FNO3. The molecule has 4 nitrogen and oxygen atoms in total. The molecule has 1 atom stereocenters. The van der Waals surface area contributed by atoms with Gasteiger partial charge in [-0.15, -0.1) is 0 Å². The highest BCUT2D eigenvalue weighted by molar-refractivity contribution is 5.78. The summed E-state index contributed by atoms with van der Waals surface area (Å²) in [4.78, 5) is 15.1. The molecule has 1 amide bonds. The lowest BCUT2D eigenvalue weighted by Gasteiger charge is -2.29. The Morgan fingerprint density at radius 3 is 2.71 bits per heavy atom. The third kappa shape index (κ3) is 6.79. The summed E-state index contributed by atoms with van der Waals surface area (Å²) < 4.78 is 25.5. The van der Waals surface area contributed by atoms with Gasteiger partial charge in [0.1, 0.15) is 11.6 Å². The summed E-state index contributed by atoms with van der Waals surface area (Å²) in [6.45, 7) is 6.49. The molecule has 0 bridgehead atoms. The van der Waals surface area contributed by atoms with Crippen LogP contribution < -0.4 is 4.74 Å². The lowest BCUT2D eigenvalue weighted by Crippen LogP contribution is -2.40. The molecule has 2 aromatic carbocycles. The van der Waals surface area contributed by atoms with Gasteiger partial charge in [0.25, 0.3) is 0 Å². The standard InChI is InChI=1S/C26H34FNO3/c1-3-21(4-2)26(29)28(19-24-12-8-15-30-24)18-20-9-7-11-23(17-20)31-16-14-22-10-5-6-13-25(22)27/h5-7,9-11,13,17,21,24H,3-4,8,12,14-16,18-19H2,1-2H3/t24-/m0/s1. The first kappa shape index (κ1) is 23.3. The van der Waals surface area contributed by atoms with Crippen molar-refractivity contribution in [3.63, 3.8) is 0 Å². The van der Waals surface area contributed by atoms with Gasteiger partial charge < -0.3 is 14.4 Å². The minimum atomic E-state index is -0.204. The maximum absolute atomic E-state index is 13.8. The summed E-state index contributed by atoms with van der Waals surface area (Å²) in [6.07, 6.45) is 4.38. The number of halogens is 1. The van der Waals surface area contributed by atoms with Gasteiger partial charge in [0.15, 0.2) is 0 Å². The van der Waals surface area contributed by atoms with Crippen LogP contribution in [0.1, 0.15) is 50.7 Å². The molecule has 0 radical (unpaired) electrons. The second-order valence-electron chi connectivity index (χ2n) is 8.20. The van der Waals surface area contributed by atoms with Crippen molar-refractivity contribution in [1.29, 1.82) is 0 Å². The molecule has 0 aliphatic carbocycles. The first-order valence-electron chi connectivity index (χ1n) is 11.5. The van der Waals surface area contributed by atoms with E-state index in [0.29, 0.717) is 31.7 Å². The number of nitrogens with zero attached hydrogens (tertiary/aromatic N) is 1. The van der Waals surface area contributed by atoms with Crippen LogP contribution in [-0.4, -0.2) is 36.7 Å². The highest BCUT2D eigenvalue weighted by atomic mass is 19.1. The molecule has 168 valence electrons. The van der Waals surface area contributed by atoms with Gasteiger partial charge in [-0.05, 0) is 55.0 Å². The predicted molar refractivity (Wildman–Crippen MR) is 121 cm³/mol. The lowest BCUT2D eigenvalue weighted by molar-refractivity contribution is -0.138. The van der Waals surface area contributed by atoms with Gasteiger partial charge in [0.2, 0.25) is 5.91 Å². The molecule has 0 aromatic heterocycles. The second-order valence-corrected chi connectivity index (χ2v) is 8.20. The van der Waals surface area contributed by atoms with Crippen LogP contribution in [0.4, 0.5) is 4.39 Å². The van der Waals surface area contributed by atoms with Gasteiger partial charge in [-0.2, -0.15) is 0 Å². The summed E-state index contributed by atoms with van der Waals surface area (Å²) in [5.74, 6) is 0.776. The zero-order valence-electron chi connectivity index (χ0n) is 18.7. The highest BCUT2D eigenvalue weighted by Crippen LogP contribution is 2.21. The fourth-order valence-corrected chi connectivity index (χ4v) is 4.10. The Morgan fingerprint density at radius 2 is 2.00 bits per heavy atom. The summed E-state index contributed by atoms with van der Waals surface area (Å²) >= 11 is 0. The summed E-state index contributed by atoms with van der Waals surface area (Å²) in [5, 5.41) is 0. The van der Waals surface area contributed by atoms with Crippen LogP contribution in [0, 0.1) is 11.7 Å². The third-order valence-corrected chi connectivity index (χ3v) is 5.96. The minimum Gasteiger partial charge on any atom is -0.493 e. The smallest absolute Gasteiger partial charge is 0.226 e. The normalized spacial score (nSPS) is 15.9. The Labute approximate surface area is 185 Å². The van der Waals surface area contributed by atoms with Gasteiger partial charge in [0, 0.05) is 32.0 Å². The number of rotatable bonds is 11. The largest absolute Gasteiger partial charge is 0.493 e. The summed E-state index contributed by atoms with van der Waals surface area (Å²) in [6, 6.07) is 14.6. The van der Waals surface area contributed by atoms with Gasteiger partial charge in [-0.3, -0.25) is 4.79 Å². The molecule has 1 heterocycles. The minimum absolute atomic E-state index is 0.0432. The molecule has 0 spiro atoms. The Hall–Kier alpha value is -2.40. The van der Waals surface area contributed by atoms with E-state index in [1.165, 1.54) is 6.07 Å². The van der Waals surface area contributed by atoms with Crippen LogP contribution in [0.5, 0.6) is 5.75 Å². The molecular weight excluding hydrogens is 393 g/mol. The van der Waals surface area contributed by atoms with Crippen molar-refractivity contribution in [2.75, 3.05) is 19.8 Å². The number of carbonyl (C=O) groups is 1. The topological polar surface area (TPSA) is 38.8 Å². The van der Waals surface area contributed by atoms with Gasteiger partial charge in [0.05, 0.1) is 12.7 Å². The van der Waals surface area contributed by atoms with E-state index in [4.69, 9.17) is 9.47 Å². The van der Waals surface area contributed by atoms with E-state index < -0.39 is 0 Å². The van der Waals surface area contributed by atoms with Crippen molar-refractivity contribution in [2.45, 2.75) is 58.6 Å². The Morgan fingerprint density at radius 1 is 1.19 bits per heavy atom. The summed E-state index contributed by atoms with van der Waals surface area (Å²) in [7, 11) is 0. The van der Waals surface area contributed by atoms with Crippen molar-refractivity contribution in [3.05, 3.63) is 65.5 Å². The van der Waals surface area contributed by atoms with E-state index in [1.807, 2.05) is 35.2 Å². The Kier molecular flexibility index (Phi) is 8.89. The second kappa shape index (κ2) is 11.8. The van der Waals surface area contributed by atoms with Crippen LogP contribution in [-0.2, 0) is 22.5 Å². The maximum atomic E-state index is 13.8. The lowest BCUT2D eigenvalue weighted by atomic mass is 10.0. The van der Waals surface area contributed by atoms with Crippen LogP contribution in [0.3, 0.4) is 0 Å². The van der Waals surface area contributed by atoms with E-state index in [0.717, 1.165) is 43.6 Å². The quantitative estimate of drug-likeness (QED) is 0.483. The molecule has 0 N–H and O–H groups in total. The molecule has 1 saturated heterocycles. The van der Waals surface area contributed by atoms with E-state index in [2.05, 4.69) is 13.8 Å². The van der Waals surface area contributed by atoms with Crippen molar-refractivity contribution < 1.29 is 18.7 Å². The number of benzene rings is 2. The molecule has 0 saturated carbocycles. The number of amides is 1. The molecule has 3 rings (SSSR count). The number of hydrogen-bond donors (Lipinski definition) is 0. The molecule has 1 aliphatic heterocycles. The van der Waals surface area contributed by atoms with Crippen molar-refractivity contribution in [1.82, 2.24) is 4.90 Å². The molecule has 5 heteroatoms. The first-order chi connectivity index (χ1) is 15.1. The SMILES string of the molecule is CCC(CC)C(=O)N(Cc1cccc(OCCc2ccccc2F)c1)C[C@@H]1CCCO1. The van der Waals surface area contributed by atoms with Crippen LogP contribution in [0.25, 0.3) is 0 Å². The molecule has 1 aliphatic rings. The predicted octanol–water partition coefficient (Wildman–Crippen LogP) is 5.39. The molecule has 1 fully saturated rings. The molecule has 2 aromatic rings. The maximum Gasteiger partial charge on any atom is 0.226 e. The van der Waals surface area contributed by atoms with Gasteiger partial charge >= 0.3 is 0 Å². The van der Waals surface area contributed by atoms with Crippen molar-refractivity contribution in [3.8, 4) is 5.75 Å². The summed E-state index contributed by atoms with van der Waals surface area (Å²) in [5.41, 5.74) is 1.68. The number of carbonyl (C=O) groups excluding carboxylic acids is 1. The third-order valence-electron chi connectivity index (χ3n) is 5.96. The zero-order chi connectivity index (χ0) is 22.1. The van der Waals surface area contributed by atoms with Gasteiger partial charge in [-0.1, -0.05) is 44.2 Å². The van der Waals surface area contributed by atoms with Gasteiger partial charge in [-0.25, -0.2) is 4.39 Å². The highest BCUT2D eigenvalue weighted by Gasteiger charge is 2.26. The zero-order valence-corrected chi connectivity index (χ0v) is 18.7. The Bertz CT molecular complexity index is 831. The van der Waals surface area contributed by atoms with E-state index >= 15 is 0 Å². The van der Waals surface area contributed by atoms with E-state index in [-0.39, 0.29) is 23.7 Å². The van der Waals surface area contributed by atoms with Crippen LogP contribution >= 0.6 is 0 Å². The fraction of sp³-hybridized carbons (Fsp3) is 0.500. The number of ether oxygens (including phenoxy) is 2. The first-order valence-corrected chi connectivity index (χ1v) is 11.5. The average Bonchev–Trinajstić information content (AvgIpc) is 3.29. The molecule has 0 unspecified atom stereocenters. The Balaban J connectivity index is 1.63. The molecule has 31 heavy (non-hydrogen) atoms. The van der Waals surface area contributed by atoms with Crippen LogP contribution in [0.15, 0.2) is 48.5 Å². The number of hydrogen-bond acceptors (Lipinski definition) is 3.